The number of nitrogen functional groups attached to an aromatic ring is 1. The number of hydrogen-bond donors (Lipinski definition) is 2. The third kappa shape index (κ3) is 2.46. The number of nitrogens with one attached hydrogen (secondary N) is 1. The summed E-state index contributed by atoms with van der Waals surface area (Å²) >= 11 is 4.98. The van der Waals surface area contributed by atoms with Crippen molar-refractivity contribution in [2.24, 2.45) is 0 Å². The van der Waals surface area contributed by atoms with Crippen LogP contribution in [0.1, 0.15) is 23.4 Å². The highest BCUT2D eigenvalue weighted by Gasteiger charge is 2.15. The van der Waals surface area contributed by atoms with Crippen LogP contribution in [-0.4, -0.2) is 15.0 Å². The summed E-state index contributed by atoms with van der Waals surface area (Å²) in [5.41, 5.74) is 6.89. The zero-order valence-electron chi connectivity index (χ0n) is 9.61. The lowest BCUT2D eigenvalue weighted by Gasteiger charge is -2.06. The normalized spacial score (nSPS) is 14.3. The molecule has 2 aromatic heterocycles. The van der Waals surface area contributed by atoms with Crippen LogP contribution in [0.25, 0.3) is 0 Å². The van der Waals surface area contributed by atoms with E-state index in [4.69, 9.17) is 5.73 Å². The van der Waals surface area contributed by atoms with Crippen LogP contribution in [0.3, 0.4) is 0 Å². The van der Waals surface area contributed by atoms with Gasteiger partial charge in [-0.15, -0.1) is 11.3 Å². The molecule has 1 aliphatic carbocycles. The van der Waals surface area contributed by atoms with Crippen molar-refractivity contribution in [2.45, 2.75) is 25.7 Å². The maximum Gasteiger partial charge on any atom is 0.232 e. The highest BCUT2D eigenvalue weighted by Crippen LogP contribution is 2.30. The molecule has 0 unspecified atom stereocenters. The Morgan fingerprint density at radius 3 is 2.83 bits per heavy atom. The third-order valence-corrected chi connectivity index (χ3v) is 4.26. The summed E-state index contributed by atoms with van der Waals surface area (Å²) in [7, 11) is 0. The number of aromatic nitrogens is 3. The molecule has 0 spiro atoms. The Morgan fingerprint density at radius 1 is 1.22 bits per heavy atom. The van der Waals surface area contributed by atoms with E-state index >= 15 is 0 Å². The van der Waals surface area contributed by atoms with Crippen LogP contribution >= 0.6 is 27.3 Å². The molecule has 0 aromatic carbocycles. The summed E-state index contributed by atoms with van der Waals surface area (Å²) in [6.45, 7) is 0. The van der Waals surface area contributed by atoms with Crippen LogP contribution in [-0.2, 0) is 12.8 Å². The van der Waals surface area contributed by atoms with Gasteiger partial charge in [-0.05, 0) is 41.6 Å². The summed E-state index contributed by atoms with van der Waals surface area (Å²) in [6.07, 6.45) is 4.70. The fraction of sp³-hybridized carbons (Fsp3) is 0.364. The summed E-state index contributed by atoms with van der Waals surface area (Å²) in [5, 5.41) is 3.96. The smallest absolute Gasteiger partial charge is 0.232 e. The molecule has 0 bridgehead atoms. The quantitative estimate of drug-likeness (QED) is 0.830. The first-order valence-corrected chi connectivity index (χ1v) is 7.37. The van der Waals surface area contributed by atoms with Gasteiger partial charge in [-0.25, -0.2) is 9.97 Å². The van der Waals surface area contributed by atoms with Gasteiger partial charge in [0.05, 0.1) is 5.69 Å². The second-order valence-corrected chi connectivity index (χ2v) is 6.06. The van der Waals surface area contributed by atoms with Crippen LogP contribution in [0, 0.1) is 0 Å². The van der Waals surface area contributed by atoms with Crippen LogP contribution < -0.4 is 11.1 Å². The molecule has 0 atom stereocenters. The van der Waals surface area contributed by atoms with E-state index < -0.39 is 0 Å². The van der Waals surface area contributed by atoms with Crippen LogP contribution in [0.2, 0.25) is 0 Å². The van der Waals surface area contributed by atoms with Gasteiger partial charge in [0.2, 0.25) is 5.95 Å². The molecule has 94 valence electrons. The van der Waals surface area contributed by atoms with Crippen LogP contribution in [0.5, 0.6) is 0 Å². The van der Waals surface area contributed by atoms with Gasteiger partial charge in [-0.2, -0.15) is 4.98 Å². The lowest BCUT2D eigenvalue weighted by Crippen LogP contribution is -2.01. The number of anilines is 3. The molecular formula is C11H12BrN5S. The van der Waals surface area contributed by atoms with Crippen molar-refractivity contribution < 1.29 is 0 Å². The SMILES string of the molecule is Nc1cc(Br)nc(Nc2nc3c(s2)CCCC3)n1. The molecule has 0 saturated carbocycles. The van der Waals surface area contributed by atoms with Crippen LogP contribution in [0.15, 0.2) is 10.7 Å². The van der Waals surface area contributed by atoms with E-state index in [9.17, 15) is 0 Å². The lowest BCUT2D eigenvalue weighted by molar-refractivity contribution is 0.683. The molecule has 0 amide bonds. The Morgan fingerprint density at radius 2 is 2.06 bits per heavy atom. The molecule has 0 fully saturated rings. The average Bonchev–Trinajstić information content (AvgIpc) is 2.69. The number of nitrogens with zero attached hydrogens (tertiary/aromatic N) is 3. The number of thiazole rings is 1. The molecule has 3 rings (SSSR count). The maximum atomic E-state index is 5.67. The van der Waals surface area contributed by atoms with Gasteiger partial charge in [-0.1, -0.05) is 0 Å². The molecule has 1 aliphatic rings. The van der Waals surface area contributed by atoms with Crippen LogP contribution in [0.4, 0.5) is 16.9 Å². The highest BCUT2D eigenvalue weighted by molar-refractivity contribution is 9.10. The molecule has 7 heteroatoms. The predicted octanol–water partition coefficient (Wildman–Crippen LogP) is 2.90. The average molecular weight is 326 g/mol. The molecule has 3 N–H and O–H groups in total. The van der Waals surface area contributed by atoms with Crippen molar-refractivity contribution >= 4 is 44.2 Å². The third-order valence-electron chi connectivity index (χ3n) is 2.78. The molecule has 5 nitrogen and oxygen atoms in total. The molecule has 18 heavy (non-hydrogen) atoms. The first kappa shape index (κ1) is 11.9. The van der Waals surface area contributed by atoms with Crippen molar-refractivity contribution in [3.63, 3.8) is 0 Å². The Labute approximate surface area is 117 Å². The standard InChI is InChI=1S/C11H12BrN5S/c12-8-5-9(13)16-10(15-8)17-11-14-6-3-1-2-4-7(6)18-11/h5H,1-4H2,(H3,13,14,15,16,17). The van der Waals surface area contributed by atoms with Crippen molar-refractivity contribution in [3.05, 3.63) is 21.2 Å². The number of hydrogen-bond acceptors (Lipinski definition) is 6. The minimum absolute atomic E-state index is 0.431. The first-order chi connectivity index (χ1) is 8.70. The Kier molecular flexibility index (Phi) is 3.17. The maximum absolute atomic E-state index is 5.67. The second-order valence-electron chi connectivity index (χ2n) is 4.16. The zero-order chi connectivity index (χ0) is 12.5. The number of fused-ring (bicyclic) bond motifs is 1. The summed E-state index contributed by atoms with van der Waals surface area (Å²) in [6, 6.07) is 1.66. The van der Waals surface area contributed by atoms with E-state index in [1.165, 1.54) is 23.4 Å². The number of halogens is 1. The monoisotopic (exact) mass is 325 g/mol. The number of rotatable bonds is 2. The summed E-state index contributed by atoms with van der Waals surface area (Å²) in [5.74, 6) is 0.911. The largest absolute Gasteiger partial charge is 0.383 e. The van der Waals surface area contributed by atoms with Crippen molar-refractivity contribution in [3.8, 4) is 0 Å². The molecular weight excluding hydrogens is 314 g/mol. The summed E-state index contributed by atoms with van der Waals surface area (Å²) < 4.78 is 0.666. The van der Waals surface area contributed by atoms with Gasteiger partial charge >= 0.3 is 0 Å². The Balaban J connectivity index is 1.85. The molecule has 0 aliphatic heterocycles. The topological polar surface area (TPSA) is 76.7 Å². The number of nitrogens with two attached hydrogens (primary N) is 1. The van der Waals surface area contributed by atoms with Gasteiger partial charge in [0.25, 0.3) is 0 Å². The lowest BCUT2D eigenvalue weighted by atomic mass is 10.0. The Hall–Kier alpha value is -1.21. The first-order valence-electron chi connectivity index (χ1n) is 5.76. The van der Waals surface area contributed by atoms with Crippen molar-refractivity contribution in [1.82, 2.24) is 15.0 Å². The van der Waals surface area contributed by atoms with Gasteiger partial charge in [0.1, 0.15) is 10.4 Å². The van der Waals surface area contributed by atoms with Gasteiger partial charge < -0.3 is 5.73 Å². The van der Waals surface area contributed by atoms with E-state index in [0.717, 1.165) is 18.0 Å². The highest BCUT2D eigenvalue weighted by atomic mass is 79.9. The van der Waals surface area contributed by atoms with Gasteiger partial charge in [0.15, 0.2) is 5.13 Å². The number of aryl methyl sites for hydroxylation is 2. The van der Waals surface area contributed by atoms with E-state index in [0.29, 0.717) is 16.4 Å². The van der Waals surface area contributed by atoms with Gasteiger partial charge in [0, 0.05) is 10.9 Å². The van der Waals surface area contributed by atoms with Crippen molar-refractivity contribution in [2.75, 3.05) is 11.1 Å². The minimum Gasteiger partial charge on any atom is -0.383 e. The van der Waals surface area contributed by atoms with E-state index in [1.807, 2.05) is 0 Å². The Bertz CT molecular complexity index is 539. The van der Waals surface area contributed by atoms with Gasteiger partial charge in [-0.3, -0.25) is 5.32 Å². The predicted molar refractivity (Wildman–Crippen MR) is 76.2 cm³/mol. The van der Waals surface area contributed by atoms with Crippen molar-refractivity contribution in [1.29, 1.82) is 0 Å². The zero-order valence-corrected chi connectivity index (χ0v) is 12.0. The molecule has 0 radical (unpaired) electrons. The minimum atomic E-state index is 0.431. The summed E-state index contributed by atoms with van der Waals surface area (Å²) in [4.78, 5) is 14.3. The fourth-order valence-electron chi connectivity index (χ4n) is 1.99. The molecule has 2 heterocycles. The van der Waals surface area contributed by atoms with E-state index in [1.54, 1.807) is 17.4 Å². The molecule has 2 aromatic rings. The molecule has 0 saturated heterocycles. The fourth-order valence-corrected chi connectivity index (χ4v) is 3.44. The van der Waals surface area contributed by atoms with E-state index in [2.05, 4.69) is 36.2 Å². The second kappa shape index (κ2) is 4.81. The van der Waals surface area contributed by atoms with E-state index in [-0.39, 0.29) is 0 Å².